The van der Waals surface area contributed by atoms with Crippen molar-refractivity contribution in [1.29, 1.82) is 5.26 Å². The van der Waals surface area contributed by atoms with Gasteiger partial charge in [0, 0.05) is 24.8 Å². The molecule has 0 unspecified atom stereocenters. The molecule has 6 heteroatoms. The van der Waals surface area contributed by atoms with E-state index in [0.717, 1.165) is 32.3 Å². The van der Waals surface area contributed by atoms with Crippen LogP contribution in [0.25, 0.3) is 0 Å². The van der Waals surface area contributed by atoms with E-state index in [1.807, 2.05) is 13.0 Å². The average molecular weight is 319 g/mol. The van der Waals surface area contributed by atoms with E-state index < -0.39 is 5.82 Å². The van der Waals surface area contributed by atoms with Crippen LogP contribution in [0.2, 0.25) is 0 Å². The van der Waals surface area contributed by atoms with E-state index in [9.17, 15) is 9.18 Å². The van der Waals surface area contributed by atoms with Crippen LogP contribution in [0.4, 0.5) is 9.18 Å². The second-order valence-corrected chi connectivity index (χ2v) is 5.86. The van der Waals surface area contributed by atoms with Crippen LogP contribution in [0.3, 0.4) is 0 Å². The highest BCUT2D eigenvalue weighted by molar-refractivity contribution is 5.74. The summed E-state index contributed by atoms with van der Waals surface area (Å²) in [5.74, 6) is -0.435. The standard InChI is InChI=1S/C17H22FN3O2/c1-12(4-6-15-3-2-8-23-15)21-17(22)20-11-14-9-13(10-19)5-7-16(14)18/h5,7,9,12,15H,2-4,6,8,11H2,1H3,(H2,20,21,22)/t12-,15-/m0/s1. The topological polar surface area (TPSA) is 74.2 Å². The molecular formula is C17H22FN3O2. The van der Waals surface area contributed by atoms with Gasteiger partial charge in [-0.3, -0.25) is 0 Å². The van der Waals surface area contributed by atoms with Crippen molar-refractivity contribution in [2.24, 2.45) is 0 Å². The Labute approximate surface area is 135 Å². The minimum atomic E-state index is -0.435. The first-order valence-electron chi connectivity index (χ1n) is 7.93. The van der Waals surface area contributed by atoms with Gasteiger partial charge >= 0.3 is 6.03 Å². The lowest BCUT2D eigenvalue weighted by atomic mass is 10.1. The van der Waals surface area contributed by atoms with Crippen LogP contribution >= 0.6 is 0 Å². The lowest BCUT2D eigenvalue weighted by Crippen LogP contribution is -2.40. The van der Waals surface area contributed by atoms with Crippen LogP contribution < -0.4 is 10.6 Å². The number of ether oxygens (including phenoxy) is 1. The summed E-state index contributed by atoms with van der Waals surface area (Å²) in [6, 6.07) is 5.72. The molecule has 0 radical (unpaired) electrons. The molecule has 2 N–H and O–H groups in total. The zero-order valence-electron chi connectivity index (χ0n) is 13.3. The highest BCUT2D eigenvalue weighted by atomic mass is 19.1. The largest absolute Gasteiger partial charge is 0.378 e. The molecule has 0 saturated carbocycles. The summed E-state index contributed by atoms with van der Waals surface area (Å²) < 4.78 is 19.2. The van der Waals surface area contributed by atoms with E-state index in [-0.39, 0.29) is 18.6 Å². The van der Waals surface area contributed by atoms with Crippen molar-refractivity contribution >= 4 is 6.03 Å². The molecular weight excluding hydrogens is 297 g/mol. The molecule has 124 valence electrons. The number of hydrogen-bond donors (Lipinski definition) is 2. The van der Waals surface area contributed by atoms with Crippen molar-refractivity contribution in [2.75, 3.05) is 6.61 Å². The number of nitrogens with one attached hydrogen (secondary N) is 2. The first kappa shape index (κ1) is 17.2. The summed E-state index contributed by atoms with van der Waals surface area (Å²) >= 11 is 0. The van der Waals surface area contributed by atoms with Gasteiger partial charge < -0.3 is 15.4 Å². The van der Waals surface area contributed by atoms with Crippen molar-refractivity contribution in [3.8, 4) is 6.07 Å². The Balaban J connectivity index is 1.73. The third-order valence-corrected chi connectivity index (χ3v) is 3.94. The molecule has 1 fully saturated rings. The van der Waals surface area contributed by atoms with Crippen LogP contribution in [0.1, 0.15) is 43.7 Å². The van der Waals surface area contributed by atoms with Crippen LogP contribution in [0.5, 0.6) is 0 Å². The summed E-state index contributed by atoms with van der Waals surface area (Å²) in [4.78, 5) is 11.8. The molecule has 1 aromatic rings. The number of hydrogen-bond acceptors (Lipinski definition) is 3. The number of halogens is 1. The Morgan fingerprint density at radius 2 is 2.39 bits per heavy atom. The zero-order chi connectivity index (χ0) is 16.7. The molecule has 1 saturated heterocycles. The molecule has 1 aliphatic heterocycles. The Morgan fingerprint density at radius 3 is 3.09 bits per heavy atom. The van der Waals surface area contributed by atoms with Crippen molar-refractivity contribution in [3.63, 3.8) is 0 Å². The number of nitrogens with zero attached hydrogens (tertiary/aromatic N) is 1. The second kappa shape index (κ2) is 8.49. The number of benzene rings is 1. The maximum atomic E-state index is 13.6. The van der Waals surface area contributed by atoms with Gasteiger partial charge in [-0.25, -0.2) is 9.18 Å². The van der Waals surface area contributed by atoms with Gasteiger partial charge in [-0.05, 0) is 50.8 Å². The van der Waals surface area contributed by atoms with Gasteiger partial charge in [-0.1, -0.05) is 0 Å². The van der Waals surface area contributed by atoms with Crippen molar-refractivity contribution < 1.29 is 13.9 Å². The Hall–Kier alpha value is -2.13. The number of amides is 2. The first-order valence-corrected chi connectivity index (χ1v) is 7.93. The van der Waals surface area contributed by atoms with Crippen molar-refractivity contribution in [1.82, 2.24) is 10.6 Å². The van der Waals surface area contributed by atoms with Gasteiger partial charge in [0.25, 0.3) is 0 Å². The summed E-state index contributed by atoms with van der Waals surface area (Å²) in [7, 11) is 0. The maximum absolute atomic E-state index is 13.6. The van der Waals surface area contributed by atoms with Crippen molar-refractivity contribution in [3.05, 3.63) is 35.1 Å². The molecule has 0 aromatic heterocycles. The van der Waals surface area contributed by atoms with Gasteiger partial charge in [0.05, 0.1) is 17.7 Å². The monoisotopic (exact) mass is 319 g/mol. The van der Waals surface area contributed by atoms with E-state index >= 15 is 0 Å². The van der Waals surface area contributed by atoms with Crippen molar-refractivity contribution in [2.45, 2.75) is 51.3 Å². The second-order valence-electron chi connectivity index (χ2n) is 5.86. The minimum absolute atomic E-state index is 0.0227. The van der Waals surface area contributed by atoms with Gasteiger partial charge in [0.2, 0.25) is 0 Å². The summed E-state index contributed by atoms with van der Waals surface area (Å²) in [5, 5.41) is 14.3. The number of rotatable bonds is 6. The predicted molar refractivity (Wildman–Crippen MR) is 84.2 cm³/mol. The van der Waals surface area contributed by atoms with Gasteiger partial charge in [0.15, 0.2) is 0 Å². The van der Waals surface area contributed by atoms with Crippen LogP contribution in [-0.4, -0.2) is 24.8 Å². The fourth-order valence-corrected chi connectivity index (χ4v) is 2.61. The lowest BCUT2D eigenvalue weighted by molar-refractivity contribution is 0.100. The molecule has 2 amide bonds. The highest BCUT2D eigenvalue weighted by Gasteiger charge is 2.17. The average Bonchev–Trinajstić information content (AvgIpc) is 3.05. The van der Waals surface area contributed by atoms with Gasteiger partial charge in [-0.15, -0.1) is 0 Å². The number of urea groups is 1. The normalized spacial score (nSPS) is 18.2. The number of nitriles is 1. The summed E-state index contributed by atoms with van der Waals surface area (Å²) in [6.45, 7) is 2.82. The maximum Gasteiger partial charge on any atom is 0.315 e. The minimum Gasteiger partial charge on any atom is -0.378 e. The molecule has 2 atom stereocenters. The third-order valence-electron chi connectivity index (χ3n) is 3.94. The molecule has 1 aliphatic rings. The number of carbonyl (C=O) groups is 1. The van der Waals surface area contributed by atoms with E-state index in [4.69, 9.17) is 10.00 Å². The fraction of sp³-hybridized carbons (Fsp3) is 0.529. The van der Waals surface area contributed by atoms with E-state index in [0.29, 0.717) is 17.2 Å². The summed E-state index contributed by atoms with van der Waals surface area (Å²) in [5.41, 5.74) is 0.666. The predicted octanol–water partition coefficient (Wildman–Crippen LogP) is 2.84. The number of carbonyl (C=O) groups excluding carboxylic acids is 1. The highest BCUT2D eigenvalue weighted by Crippen LogP contribution is 2.17. The zero-order valence-corrected chi connectivity index (χ0v) is 13.3. The molecule has 5 nitrogen and oxygen atoms in total. The fourth-order valence-electron chi connectivity index (χ4n) is 2.61. The molecule has 23 heavy (non-hydrogen) atoms. The van der Waals surface area contributed by atoms with Crippen LogP contribution in [0.15, 0.2) is 18.2 Å². The first-order chi connectivity index (χ1) is 11.1. The molecule has 1 heterocycles. The van der Waals surface area contributed by atoms with E-state index in [1.165, 1.54) is 18.2 Å². The van der Waals surface area contributed by atoms with Crippen LogP contribution in [-0.2, 0) is 11.3 Å². The molecule has 0 spiro atoms. The quantitative estimate of drug-likeness (QED) is 0.846. The molecule has 0 aliphatic carbocycles. The third kappa shape index (κ3) is 5.53. The SMILES string of the molecule is C[C@@H](CC[C@@H]1CCCO1)NC(=O)NCc1cc(C#N)ccc1F. The smallest absolute Gasteiger partial charge is 0.315 e. The Kier molecular flexibility index (Phi) is 6.36. The Bertz CT molecular complexity index is 580. The molecule has 0 bridgehead atoms. The molecule has 1 aromatic carbocycles. The molecule has 2 rings (SSSR count). The van der Waals surface area contributed by atoms with Crippen LogP contribution in [0, 0.1) is 17.1 Å². The van der Waals surface area contributed by atoms with E-state index in [1.54, 1.807) is 0 Å². The Morgan fingerprint density at radius 1 is 1.57 bits per heavy atom. The van der Waals surface area contributed by atoms with Gasteiger partial charge in [0.1, 0.15) is 5.82 Å². The van der Waals surface area contributed by atoms with E-state index in [2.05, 4.69) is 10.6 Å². The van der Waals surface area contributed by atoms with Gasteiger partial charge in [-0.2, -0.15) is 5.26 Å². The lowest BCUT2D eigenvalue weighted by Gasteiger charge is -2.17. The summed E-state index contributed by atoms with van der Waals surface area (Å²) in [6.07, 6.45) is 4.29.